The number of amides is 4. The first-order chi connectivity index (χ1) is 20.7. The van der Waals surface area contributed by atoms with Crippen molar-refractivity contribution in [2.24, 2.45) is 11.8 Å². The van der Waals surface area contributed by atoms with Crippen LogP contribution in [0.1, 0.15) is 69.2 Å². The quantitative estimate of drug-likeness (QED) is 0.372. The number of rotatable bonds is 10. The SMILES string of the molecule is CC(=O)NC(C(=O)N1CC(=O)C2C1CCN2C(=O)CC(C)CCNC(=O)c1ccc(N2CCNCC2)cc1)C1CCCC1. The number of benzene rings is 1. The van der Waals surface area contributed by atoms with E-state index in [9.17, 15) is 24.0 Å². The number of Topliss-reactive ketones (excluding diaryl/α,β-unsaturated/α-hetero) is 1. The minimum absolute atomic E-state index is 0.0153. The Balaban J connectivity index is 1.09. The van der Waals surface area contributed by atoms with Crippen LogP contribution < -0.4 is 20.9 Å². The molecule has 4 fully saturated rings. The first-order valence-electron chi connectivity index (χ1n) is 16.0. The van der Waals surface area contributed by atoms with Gasteiger partial charge in [0, 0.05) is 63.9 Å². The van der Waals surface area contributed by atoms with Crippen molar-refractivity contribution >= 4 is 35.1 Å². The topological polar surface area (TPSA) is 131 Å². The van der Waals surface area contributed by atoms with Gasteiger partial charge in [-0.3, -0.25) is 24.0 Å². The average Bonchev–Trinajstić information content (AvgIpc) is 3.75. The highest BCUT2D eigenvalue weighted by Crippen LogP contribution is 2.34. The highest BCUT2D eigenvalue weighted by atomic mass is 16.2. The van der Waals surface area contributed by atoms with Gasteiger partial charge in [0.15, 0.2) is 5.78 Å². The Kier molecular flexibility index (Phi) is 10.00. The van der Waals surface area contributed by atoms with Crippen molar-refractivity contribution < 1.29 is 24.0 Å². The van der Waals surface area contributed by atoms with Gasteiger partial charge in [0.25, 0.3) is 5.91 Å². The highest BCUT2D eigenvalue weighted by Gasteiger charge is 2.52. The van der Waals surface area contributed by atoms with Crippen LogP contribution in [-0.4, -0.2) is 103 Å². The number of likely N-dealkylation sites (tertiary alicyclic amines) is 2. The van der Waals surface area contributed by atoms with Crippen LogP contribution in [-0.2, 0) is 19.2 Å². The zero-order chi connectivity index (χ0) is 30.5. The molecule has 1 saturated carbocycles. The van der Waals surface area contributed by atoms with Gasteiger partial charge in [-0.1, -0.05) is 19.8 Å². The molecule has 11 heteroatoms. The molecule has 11 nitrogen and oxygen atoms in total. The van der Waals surface area contributed by atoms with Crippen LogP contribution in [0.15, 0.2) is 24.3 Å². The summed E-state index contributed by atoms with van der Waals surface area (Å²) in [4.78, 5) is 70.1. The number of fused-ring (bicyclic) bond motifs is 1. The van der Waals surface area contributed by atoms with Crippen molar-refractivity contribution in [3.8, 4) is 0 Å². The molecule has 1 aliphatic carbocycles. The van der Waals surface area contributed by atoms with Crippen LogP contribution in [0, 0.1) is 11.8 Å². The fourth-order valence-electron chi connectivity index (χ4n) is 7.26. The largest absolute Gasteiger partial charge is 0.369 e. The smallest absolute Gasteiger partial charge is 0.251 e. The van der Waals surface area contributed by atoms with Gasteiger partial charge in [-0.15, -0.1) is 0 Å². The van der Waals surface area contributed by atoms with Crippen LogP contribution in [0.5, 0.6) is 0 Å². The number of nitrogens with one attached hydrogen (secondary N) is 3. The zero-order valence-electron chi connectivity index (χ0n) is 25.5. The first kappa shape index (κ1) is 31.0. The standard InChI is InChI=1S/C32H46N6O5/c1-21(11-13-34-31(42)24-7-9-25(10-8-24)36-17-14-33-15-18-36)19-28(41)37-16-12-26-30(37)27(40)20-38(26)32(43)29(35-22(2)39)23-5-3-4-6-23/h7-10,21,23,26,29-30,33H,3-6,11-20H2,1-2H3,(H,34,42)(H,35,39). The van der Waals surface area contributed by atoms with Gasteiger partial charge in [0.05, 0.1) is 12.6 Å². The maximum absolute atomic E-state index is 13.6. The molecule has 5 rings (SSSR count). The van der Waals surface area contributed by atoms with Gasteiger partial charge in [0.2, 0.25) is 17.7 Å². The van der Waals surface area contributed by atoms with Gasteiger partial charge in [0.1, 0.15) is 12.1 Å². The van der Waals surface area contributed by atoms with Gasteiger partial charge in [-0.25, -0.2) is 0 Å². The zero-order valence-corrected chi connectivity index (χ0v) is 25.5. The second-order valence-electron chi connectivity index (χ2n) is 12.7. The predicted octanol–water partition coefficient (Wildman–Crippen LogP) is 1.32. The van der Waals surface area contributed by atoms with Crippen LogP contribution >= 0.6 is 0 Å². The van der Waals surface area contributed by atoms with E-state index in [1.165, 1.54) is 6.92 Å². The first-order valence-corrected chi connectivity index (χ1v) is 16.0. The monoisotopic (exact) mass is 594 g/mol. The average molecular weight is 595 g/mol. The maximum Gasteiger partial charge on any atom is 0.251 e. The Morgan fingerprint density at radius 1 is 0.977 bits per heavy atom. The Hall–Kier alpha value is -3.47. The summed E-state index contributed by atoms with van der Waals surface area (Å²) >= 11 is 0. The summed E-state index contributed by atoms with van der Waals surface area (Å²) in [7, 11) is 0. The fourth-order valence-corrected chi connectivity index (χ4v) is 7.26. The van der Waals surface area contributed by atoms with Gasteiger partial charge in [-0.2, -0.15) is 0 Å². The summed E-state index contributed by atoms with van der Waals surface area (Å²) in [6.45, 7) is 8.08. The maximum atomic E-state index is 13.6. The number of anilines is 1. The van der Waals surface area contributed by atoms with E-state index in [2.05, 4.69) is 20.9 Å². The third-order valence-electron chi connectivity index (χ3n) is 9.58. The molecular weight excluding hydrogens is 548 g/mol. The van der Waals surface area contributed by atoms with Crippen molar-refractivity contribution in [1.82, 2.24) is 25.8 Å². The van der Waals surface area contributed by atoms with Gasteiger partial charge < -0.3 is 30.7 Å². The molecule has 43 heavy (non-hydrogen) atoms. The molecule has 0 spiro atoms. The molecule has 4 amide bonds. The molecule has 4 atom stereocenters. The molecule has 4 aliphatic rings. The Labute approximate surface area is 254 Å². The van der Waals surface area contributed by atoms with E-state index < -0.39 is 12.1 Å². The van der Waals surface area contributed by atoms with E-state index >= 15 is 0 Å². The minimum atomic E-state index is -0.617. The molecule has 3 saturated heterocycles. The summed E-state index contributed by atoms with van der Waals surface area (Å²) in [5.74, 6) is -0.675. The molecule has 0 radical (unpaired) electrons. The Morgan fingerprint density at radius 3 is 2.35 bits per heavy atom. The molecule has 0 bridgehead atoms. The molecule has 1 aromatic rings. The van der Waals surface area contributed by atoms with Crippen molar-refractivity contribution in [2.75, 3.05) is 50.7 Å². The van der Waals surface area contributed by atoms with E-state index in [1.54, 1.807) is 9.80 Å². The molecule has 234 valence electrons. The molecule has 3 heterocycles. The molecule has 1 aromatic carbocycles. The van der Waals surface area contributed by atoms with Crippen molar-refractivity contribution in [1.29, 1.82) is 0 Å². The van der Waals surface area contributed by atoms with E-state index in [1.807, 2.05) is 31.2 Å². The summed E-state index contributed by atoms with van der Waals surface area (Å²) in [5, 5.41) is 9.15. The number of ketones is 1. The van der Waals surface area contributed by atoms with Crippen LogP contribution in [0.2, 0.25) is 0 Å². The Morgan fingerprint density at radius 2 is 1.67 bits per heavy atom. The summed E-state index contributed by atoms with van der Waals surface area (Å²) < 4.78 is 0. The van der Waals surface area contributed by atoms with E-state index in [0.717, 1.165) is 57.5 Å². The third kappa shape index (κ3) is 7.20. The van der Waals surface area contributed by atoms with Crippen LogP contribution in [0.25, 0.3) is 0 Å². The Bertz CT molecular complexity index is 1190. The summed E-state index contributed by atoms with van der Waals surface area (Å²) in [5.41, 5.74) is 1.72. The van der Waals surface area contributed by atoms with E-state index in [4.69, 9.17) is 0 Å². The lowest BCUT2D eigenvalue weighted by Gasteiger charge is -2.31. The lowest BCUT2D eigenvalue weighted by atomic mass is 9.96. The number of piperazine rings is 1. The van der Waals surface area contributed by atoms with E-state index in [-0.39, 0.29) is 60.3 Å². The number of carbonyl (C=O) groups excluding carboxylic acids is 5. The lowest BCUT2D eigenvalue weighted by molar-refractivity contribution is -0.139. The number of hydrogen-bond donors (Lipinski definition) is 3. The summed E-state index contributed by atoms with van der Waals surface area (Å²) in [6, 6.07) is 6.10. The van der Waals surface area contributed by atoms with Crippen molar-refractivity contribution in [2.45, 2.75) is 76.9 Å². The fraction of sp³-hybridized carbons (Fsp3) is 0.656. The molecule has 4 unspecified atom stereocenters. The highest BCUT2D eigenvalue weighted by molar-refractivity contribution is 5.99. The lowest BCUT2D eigenvalue weighted by Crippen LogP contribution is -2.53. The van der Waals surface area contributed by atoms with Gasteiger partial charge in [-0.05, 0) is 61.8 Å². The molecule has 3 N–H and O–H groups in total. The van der Waals surface area contributed by atoms with Crippen molar-refractivity contribution in [3.63, 3.8) is 0 Å². The third-order valence-corrected chi connectivity index (χ3v) is 9.58. The second kappa shape index (κ2) is 13.9. The molecule has 3 aliphatic heterocycles. The van der Waals surface area contributed by atoms with Crippen LogP contribution in [0.3, 0.4) is 0 Å². The van der Waals surface area contributed by atoms with Gasteiger partial charge >= 0.3 is 0 Å². The molecule has 0 aromatic heterocycles. The van der Waals surface area contributed by atoms with E-state index in [0.29, 0.717) is 31.5 Å². The number of nitrogens with zero attached hydrogens (tertiary/aromatic N) is 3. The second-order valence-corrected chi connectivity index (χ2v) is 12.7. The summed E-state index contributed by atoms with van der Waals surface area (Å²) in [6.07, 6.45) is 5.31. The number of carbonyl (C=O) groups is 5. The molecular formula is C32H46N6O5. The number of hydrogen-bond acceptors (Lipinski definition) is 7. The van der Waals surface area contributed by atoms with Crippen molar-refractivity contribution in [3.05, 3.63) is 29.8 Å². The normalized spacial score (nSPS) is 23.7. The van der Waals surface area contributed by atoms with Crippen LogP contribution in [0.4, 0.5) is 5.69 Å². The predicted molar refractivity (Wildman–Crippen MR) is 162 cm³/mol. The minimum Gasteiger partial charge on any atom is -0.369 e.